The molecule has 1 aromatic heterocycles. The van der Waals surface area contributed by atoms with Gasteiger partial charge in [-0.25, -0.2) is 4.79 Å². The number of rotatable bonds is 5. The van der Waals surface area contributed by atoms with E-state index in [1.165, 1.54) is 14.2 Å². The van der Waals surface area contributed by atoms with Gasteiger partial charge in [0.25, 0.3) is 0 Å². The average Bonchev–Trinajstić information content (AvgIpc) is 3.15. The summed E-state index contributed by atoms with van der Waals surface area (Å²) in [5.41, 5.74) is 2.28. The summed E-state index contributed by atoms with van der Waals surface area (Å²) in [4.78, 5) is 16.9. The van der Waals surface area contributed by atoms with Gasteiger partial charge in [0.15, 0.2) is 11.5 Å². The van der Waals surface area contributed by atoms with E-state index in [0.29, 0.717) is 38.2 Å². The van der Waals surface area contributed by atoms with E-state index in [4.69, 9.17) is 37.3 Å². The highest BCUT2D eigenvalue weighted by molar-refractivity contribution is 6.44. The summed E-state index contributed by atoms with van der Waals surface area (Å²) < 4.78 is 10.2. The quantitative estimate of drug-likeness (QED) is 0.345. The van der Waals surface area contributed by atoms with Gasteiger partial charge >= 0.3 is 5.97 Å². The van der Waals surface area contributed by atoms with E-state index in [-0.39, 0.29) is 5.71 Å². The molecule has 3 aromatic rings. The van der Waals surface area contributed by atoms with E-state index in [1.54, 1.807) is 42.5 Å². The summed E-state index contributed by atoms with van der Waals surface area (Å²) in [5.74, 6) is -0.168. The third kappa shape index (κ3) is 3.97. The van der Waals surface area contributed by atoms with Gasteiger partial charge in [0.05, 0.1) is 12.1 Å². The minimum atomic E-state index is -0.631. The van der Waals surface area contributed by atoms with Gasteiger partial charge in [0.1, 0.15) is 12.8 Å². The van der Waals surface area contributed by atoms with Gasteiger partial charge in [-0.05, 0) is 18.2 Å². The second-order valence-corrected chi connectivity index (χ2v) is 6.20. The Morgan fingerprint density at radius 3 is 2.56 bits per heavy atom. The zero-order valence-corrected chi connectivity index (χ0v) is 15.9. The summed E-state index contributed by atoms with van der Waals surface area (Å²) >= 11 is 12.2. The Morgan fingerprint density at radius 1 is 1.07 bits per heavy atom. The maximum Gasteiger partial charge on any atom is 0.360 e. The topological polar surface area (TPSA) is 73.9 Å². The van der Waals surface area contributed by atoms with Crippen LogP contribution in [0.3, 0.4) is 0 Å². The Balaban J connectivity index is 2.07. The van der Waals surface area contributed by atoms with E-state index in [2.05, 4.69) is 10.3 Å². The lowest BCUT2D eigenvalue weighted by Crippen LogP contribution is -2.18. The number of aromatic nitrogens is 1. The van der Waals surface area contributed by atoms with Gasteiger partial charge < -0.3 is 14.1 Å². The molecule has 0 unspecified atom stereocenters. The normalized spacial score (nSPS) is 11.3. The molecule has 0 bridgehead atoms. The number of esters is 1. The summed E-state index contributed by atoms with van der Waals surface area (Å²) in [6, 6.07) is 13.9. The number of halogens is 2. The van der Waals surface area contributed by atoms with Crippen LogP contribution in [0.4, 0.5) is 0 Å². The number of carbonyl (C=O) groups is 1. The lowest BCUT2D eigenvalue weighted by molar-refractivity contribution is -0.132. The van der Waals surface area contributed by atoms with Crippen LogP contribution in [-0.4, -0.2) is 31.1 Å². The van der Waals surface area contributed by atoms with Gasteiger partial charge in [0.2, 0.25) is 0 Å². The molecule has 0 radical (unpaired) electrons. The van der Waals surface area contributed by atoms with Crippen molar-refractivity contribution in [2.75, 3.05) is 14.2 Å². The maximum absolute atomic E-state index is 12.1. The average molecular weight is 405 g/mol. The van der Waals surface area contributed by atoms with Crippen LogP contribution in [0.1, 0.15) is 5.56 Å². The van der Waals surface area contributed by atoms with E-state index in [9.17, 15) is 4.79 Å². The number of methoxy groups -OCH3 is 1. The maximum atomic E-state index is 12.1. The van der Waals surface area contributed by atoms with Crippen molar-refractivity contribution in [3.63, 3.8) is 0 Å². The number of ether oxygens (including phenoxy) is 1. The fourth-order valence-corrected chi connectivity index (χ4v) is 3.02. The molecule has 0 amide bonds. The molecule has 3 rings (SSSR count). The fourth-order valence-electron chi connectivity index (χ4n) is 2.52. The van der Waals surface area contributed by atoms with Crippen molar-refractivity contribution in [1.82, 2.24) is 5.16 Å². The first-order valence-electron chi connectivity index (χ1n) is 7.76. The molecule has 6 nitrogen and oxygen atoms in total. The summed E-state index contributed by atoms with van der Waals surface area (Å²) in [6.45, 7) is 0. The van der Waals surface area contributed by atoms with Crippen molar-refractivity contribution in [2.24, 2.45) is 5.16 Å². The van der Waals surface area contributed by atoms with Gasteiger partial charge in [-0.2, -0.15) is 0 Å². The highest BCUT2D eigenvalue weighted by Crippen LogP contribution is 2.33. The largest absolute Gasteiger partial charge is 0.464 e. The third-order valence-corrected chi connectivity index (χ3v) is 4.27. The highest BCUT2D eigenvalue weighted by atomic mass is 35.5. The Morgan fingerprint density at radius 2 is 1.85 bits per heavy atom. The summed E-state index contributed by atoms with van der Waals surface area (Å²) in [7, 11) is 2.62. The number of carbonyl (C=O) groups excluding carboxylic acids is 1. The van der Waals surface area contributed by atoms with Crippen LogP contribution in [-0.2, 0) is 14.4 Å². The highest BCUT2D eigenvalue weighted by Gasteiger charge is 2.22. The minimum Gasteiger partial charge on any atom is -0.464 e. The predicted molar refractivity (Wildman–Crippen MR) is 103 cm³/mol. The molecule has 1 heterocycles. The molecule has 27 heavy (non-hydrogen) atoms. The second-order valence-electron chi connectivity index (χ2n) is 5.36. The molecule has 0 aliphatic rings. The van der Waals surface area contributed by atoms with Crippen molar-refractivity contribution >= 4 is 34.9 Å². The molecule has 0 saturated carbocycles. The zero-order chi connectivity index (χ0) is 19.4. The fraction of sp³-hybridized carbons (Fsp3) is 0.105. The lowest BCUT2D eigenvalue weighted by Gasteiger charge is -2.08. The van der Waals surface area contributed by atoms with E-state index in [0.717, 1.165) is 0 Å². The molecule has 8 heteroatoms. The Hall–Kier alpha value is -2.83. The number of hydrogen-bond donors (Lipinski definition) is 0. The van der Waals surface area contributed by atoms with Gasteiger partial charge in [-0.15, -0.1) is 0 Å². The van der Waals surface area contributed by atoms with Gasteiger partial charge in [-0.3, -0.25) is 0 Å². The summed E-state index contributed by atoms with van der Waals surface area (Å²) in [6.07, 6.45) is 0. The third-order valence-electron chi connectivity index (χ3n) is 3.73. The van der Waals surface area contributed by atoms with Gasteiger partial charge in [-0.1, -0.05) is 57.8 Å². The van der Waals surface area contributed by atoms with Crippen LogP contribution in [0, 0.1) is 0 Å². The van der Waals surface area contributed by atoms with E-state index >= 15 is 0 Å². The zero-order valence-electron chi connectivity index (χ0n) is 14.4. The molecule has 138 valence electrons. The monoisotopic (exact) mass is 404 g/mol. The van der Waals surface area contributed by atoms with E-state index in [1.807, 2.05) is 6.07 Å². The molecular formula is C19H14Cl2N2O4. The number of hydrogen-bond acceptors (Lipinski definition) is 6. The van der Waals surface area contributed by atoms with Crippen molar-refractivity contribution < 1.29 is 18.9 Å². The van der Waals surface area contributed by atoms with Crippen molar-refractivity contribution in [2.45, 2.75) is 0 Å². The SMILES string of the molecule is CON=C(C(=O)OC)c1ccccc1-c1cc(-c2ccc(Cl)cc2Cl)on1. The van der Waals surface area contributed by atoms with Crippen molar-refractivity contribution in [3.05, 3.63) is 64.1 Å². The second kappa shape index (κ2) is 8.24. The van der Waals surface area contributed by atoms with Crippen molar-refractivity contribution in [1.29, 1.82) is 0 Å². The van der Waals surface area contributed by atoms with Crippen LogP contribution < -0.4 is 0 Å². The number of nitrogens with zero attached hydrogens (tertiary/aromatic N) is 2. The molecule has 0 aliphatic carbocycles. The Bertz CT molecular complexity index is 1010. The smallest absolute Gasteiger partial charge is 0.360 e. The van der Waals surface area contributed by atoms with Crippen LogP contribution in [0.15, 0.2) is 58.2 Å². The number of oxime groups is 1. The molecular weight excluding hydrogens is 391 g/mol. The first kappa shape index (κ1) is 18.9. The number of benzene rings is 2. The van der Waals surface area contributed by atoms with Crippen LogP contribution in [0.2, 0.25) is 10.0 Å². The molecule has 0 aliphatic heterocycles. The first-order valence-corrected chi connectivity index (χ1v) is 8.52. The van der Waals surface area contributed by atoms with Crippen LogP contribution in [0.25, 0.3) is 22.6 Å². The van der Waals surface area contributed by atoms with Crippen LogP contribution in [0.5, 0.6) is 0 Å². The summed E-state index contributed by atoms with van der Waals surface area (Å²) in [5, 5.41) is 8.85. The molecule has 0 spiro atoms. The minimum absolute atomic E-state index is 0.0182. The van der Waals surface area contributed by atoms with Gasteiger partial charge in [0, 0.05) is 27.8 Å². The molecule has 0 fully saturated rings. The predicted octanol–water partition coefficient (Wildman–Crippen LogP) is 4.84. The van der Waals surface area contributed by atoms with Crippen LogP contribution >= 0.6 is 23.2 Å². The molecule has 0 N–H and O–H groups in total. The standard InChI is InChI=1S/C19H14Cl2N2O4/c1-25-19(24)18(23-26-2)13-6-4-3-5-12(13)16-10-17(27-22-16)14-8-7-11(20)9-15(14)21/h3-10H,1-2H3. The van der Waals surface area contributed by atoms with Crippen molar-refractivity contribution in [3.8, 4) is 22.6 Å². The molecule has 0 saturated heterocycles. The first-order chi connectivity index (χ1) is 13.0. The molecule has 0 atom stereocenters. The molecule has 2 aromatic carbocycles. The van der Waals surface area contributed by atoms with E-state index < -0.39 is 5.97 Å². The lowest BCUT2D eigenvalue weighted by atomic mass is 10.00. The Labute approximate surface area is 165 Å². The Kier molecular flexibility index (Phi) is 5.78.